The van der Waals surface area contributed by atoms with E-state index in [1.54, 1.807) is 51.5 Å². The van der Waals surface area contributed by atoms with Gasteiger partial charge in [0.1, 0.15) is 22.9 Å². The molecule has 1 amide bonds. The molecule has 1 atom stereocenters. The van der Waals surface area contributed by atoms with Gasteiger partial charge >= 0.3 is 5.97 Å². The molecule has 0 radical (unpaired) electrons. The number of esters is 1. The number of hydrogen-bond donors (Lipinski definition) is 1. The van der Waals surface area contributed by atoms with E-state index in [2.05, 4.69) is 22.6 Å². The van der Waals surface area contributed by atoms with Gasteiger partial charge in [-0.2, -0.15) is 0 Å². The van der Waals surface area contributed by atoms with Gasteiger partial charge in [-0.25, -0.2) is 9.48 Å². The number of rotatable bonds is 11. The van der Waals surface area contributed by atoms with Crippen molar-refractivity contribution < 1.29 is 28.5 Å². The molecule has 1 heterocycles. The largest absolute Gasteiger partial charge is 0.497 e. The Balaban J connectivity index is 1.96. The van der Waals surface area contributed by atoms with E-state index < -0.39 is 11.9 Å². The molecule has 3 rings (SSSR count). The van der Waals surface area contributed by atoms with E-state index in [-0.39, 0.29) is 17.4 Å². The van der Waals surface area contributed by atoms with Crippen LogP contribution in [0.1, 0.15) is 59.7 Å². The monoisotopic (exact) mass is 496 g/mol. The first-order valence-electron chi connectivity index (χ1n) is 11.7. The summed E-state index contributed by atoms with van der Waals surface area (Å²) in [5.41, 5.74) is 1.79. The zero-order chi connectivity index (χ0) is 26.2. The summed E-state index contributed by atoms with van der Waals surface area (Å²) >= 11 is 0. The second kappa shape index (κ2) is 12.1. The first-order chi connectivity index (χ1) is 17.4. The summed E-state index contributed by atoms with van der Waals surface area (Å²) in [4.78, 5) is 25.4. The SMILES string of the molecule is CCC[C@H](CC)Oc1ccc(C(=O)OC)cc1NC(=O)c1nnn(-c2cc(OC)ccc2OC)c1C. The van der Waals surface area contributed by atoms with Crippen molar-refractivity contribution in [1.29, 1.82) is 0 Å². The number of nitrogens with zero attached hydrogens (tertiary/aromatic N) is 3. The summed E-state index contributed by atoms with van der Waals surface area (Å²) < 4.78 is 23.3. The molecular weight excluding hydrogens is 464 g/mol. The van der Waals surface area contributed by atoms with E-state index in [1.165, 1.54) is 17.9 Å². The van der Waals surface area contributed by atoms with Crippen LogP contribution in [-0.4, -0.2) is 54.3 Å². The van der Waals surface area contributed by atoms with Gasteiger partial charge in [0.15, 0.2) is 5.69 Å². The lowest BCUT2D eigenvalue weighted by molar-refractivity contribution is 0.0600. The molecule has 3 aromatic rings. The Labute approximate surface area is 210 Å². The summed E-state index contributed by atoms with van der Waals surface area (Å²) in [6, 6.07) is 10.0. The average molecular weight is 497 g/mol. The molecule has 10 heteroatoms. The molecule has 0 fully saturated rings. The highest BCUT2D eigenvalue weighted by atomic mass is 16.5. The number of methoxy groups -OCH3 is 3. The van der Waals surface area contributed by atoms with E-state index in [9.17, 15) is 9.59 Å². The van der Waals surface area contributed by atoms with Crippen LogP contribution in [0.5, 0.6) is 17.2 Å². The molecule has 192 valence electrons. The van der Waals surface area contributed by atoms with E-state index in [4.69, 9.17) is 18.9 Å². The first-order valence-corrected chi connectivity index (χ1v) is 11.7. The van der Waals surface area contributed by atoms with Crippen molar-refractivity contribution >= 4 is 17.6 Å². The topological polar surface area (TPSA) is 114 Å². The number of aromatic nitrogens is 3. The van der Waals surface area contributed by atoms with E-state index in [1.807, 2.05) is 6.92 Å². The summed E-state index contributed by atoms with van der Waals surface area (Å²) in [6.45, 7) is 5.85. The van der Waals surface area contributed by atoms with Gasteiger partial charge < -0.3 is 24.3 Å². The maximum absolute atomic E-state index is 13.3. The first kappa shape index (κ1) is 26.5. The molecule has 0 aliphatic rings. The van der Waals surface area contributed by atoms with Gasteiger partial charge in [0, 0.05) is 6.07 Å². The zero-order valence-corrected chi connectivity index (χ0v) is 21.5. The van der Waals surface area contributed by atoms with Gasteiger partial charge in [0.25, 0.3) is 5.91 Å². The quantitative estimate of drug-likeness (QED) is 0.384. The van der Waals surface area contributed by atoms with Crippen LogP contribution < -0.4 is 19.5 Å². The predicted octanol–water partition coefficient (Wildman–Crippen LogP) is 4.59. The van der Waals surface area contributed by atoms with Gasteiger partial charge in [0.2, 0.25) is 0 Å². The minimum atomic E-state index is -0.523. The second-order valence-electron chi connectivity index (χ2n) is 8.07. The molecule has 1 N–H and O–H groups in total. The Morgan fingerprint density at radius 2 is 1.78 bits per heavy atom. The summed E-state index contributed by atoms with van der Waals surface area (Å²) in [5, 5.41) is 11.1. The van der Waals surface area contributed by atoms with Gasteiger partial charge in [0.05, 0.1) is 44.4 Å². The number of nitrogens with one attached hydrogen (secondary N) is 1. The number of anilines is 1. The molecule has 36 heavy (non-hydrogen) atoms. The molecule has 0 aliphatic heterocycles. The summed E-state index contributed by atoms with van der Waals surface area (Å²) in [5.74, 6) is 0.571. The molecule has 0 unspecified atom stereocenters. The smallest absolute Gasteiger partial charge is 0.337 e. The van der Waals surface area contributed by atoms with Crippen LogP contribution in [0.4, 0.5) is 5.69 Å². The van der Waals surface area contributed by atoms with E-state index in [0.717, 1.165) is 19.3 Å². The van der Waals surface area contributed by atoms with Crippen molar-refractivity contribution in [2.24, 2.45) is 0 Å². The number of hydrogen-bond acceptors (Lipinski definition) is 8. The van der Waals surface area contributed by atoms with Crippen LogP contribution in [0, 0.1) is 6.92 Å². The number of ether oxygens (including phenoxy) is 4. The number of amides is 1. The van der Waals surface area contributed by atoms with Gasteiger partial charge in [-0.15, -0.1) is 5.10 Å². The molecule has 2 aromatic carbocycles. The molecule has 0 saturated heterocycles. The Morgan fingerprint density at radius 3 is 2.42 bits per heavy atom. The third kappa shape index (κ3) is 5.76. The standard InChI is InChI=1S/C26H32N4O6/c1-7-9-18(8-2)36-22-12-10-17(26(32)35-6)14-20(22)27-25(31)24-16(3)30(29-28-24)21-15-19(33-4)11-13-23(21)34-5/h10-15,18H,7-9H2,1-6H3,(H,27,31)/t18-/m0/s1. The lowest BCUT2D eigenvalue weighted by Crippen LogP contribution is -2.19. The van der Waals surface area contributed by atoms with Gasteiger partial charge in [-0.1, -0.05) is 25.5 Å². The van der Waals surface area contributed by atoms with E-state index in [0.29, 0.717) is 34.3 Å². The van der Waals surface area contributed by atoms with Crippen LogP contribution >= 0.6 is 0 Å². The van der Waals surface area contributed by atoms with Gasteiger partial charge in [-0.3, -0.25) is 4.79 Å². The van der Waals surface area contributed by atoms with Crippen LogP contribution in [0.15, 0.2) is 36.4 Å². The van der Waals surface area contributed by atoms with Gasteiger partial charge in [-0.05, 0) is 50.1 Å². The number of benzene rings is 2. The third-order valence-corrected chi connectivity index (χ3v) is 5.73. The molecule has 0 aliphatic carbocycles. The lowest BCUT2D eigenvalue weighted by Gasteiger charge is -2.20. The van der Waals surface area contributed by atoms with Crippen molar-refractivity contribution in [1.82, 2.24) is 15.0 Å². The zero-order valence-electron chi connectivity index (χ0n) is 21.5. The van der Waals surface area contributed by atoms with Crippen molar-refractivity contribution in [3.63, 3.8) is 0 Å². The second-order valence-corrected chi connectivity index (χ2v) is 8.07. The normalized spacial score (nSPS) is 11.5. The highest BCUT2D eigenvalue weighted by Crippen LogP contribution is 2.31. The van der Waals surface area contributed by atoms with E-state index >= 15 is 0 Å². The van der Waals surface area contributed by atoms with Crippen molar-refractivity contribution in [2.45, 2.75) is 46.1 Å². The molecule has 1 aromatic heterocycles. The number of carbonyl (C=O) groups excluding carboxylic acids is 2. The van der Waals surface area contributed by atoms with Crippen molar-refractivity contribution in [2.75, 3.05) is 26.6 Å². The molecular formula is C26H32N4O6. The number of carbonyl (C=O) groups is 2. The highest BCUT2D eigenvalue weighted by Gasteiger charge is 2.22. The molecule has 0 saturated carbocycles. The minimum absolute atomic E-state index is 0.0298. The maximum Gasteiger partial charge on any atom is 0.337 e. The highest BCUT2D eigenvalue weighted by molar-refractivity contribution is 6.05. The summed E-state index contributed by atoms with van der Waals surface area (Å²) in [7, 11) is 4.40. The Bertz CT molecular complexity index is 1220. The molecule has 0 spiro atoms. The van der Waals surface area contributed by atoms with Crippen molar-refractivity contribution in [3.05, 3.63) is 53.3 Å². The fourth-order valence-electron chi connectivity index (χ4n) is 3.73. The third-order valence-electron chi connectivity index (χ3n) is 5.73. The van der Waals surface area contributed by atoms with Crippen LogP contribution in [0.3, 0.4) is 0 Å². The minimum Gasteiger partial charge on any atom is -0.497 e. The molecule has 0 bridgehead atoms. The van der Waals surface area contributed by atoms with Crippen molar-refractivity contribution in [3.8, 4) is 22.9 Å². The maximum atomic E-state index is 13.3. The van der Waals surface area contributed by atoms with Crippen LogP contribution in [0.25, 0.3) is 5.69 Å². The lowest BCUT2D eigenvalue weighted by atomic mass is 10.1. The van der Waals surface area contributed by atoms with Crippen LogP contribution in [0.2, 0.25) is 0 Å². The average Bonchev–Trinajstić information content (AvgIpc) is 3.29. The van der Waals surface area contributed by atoms with Crippen LogP contribution in [-0.2, 0) is 4.74 Å². The Morgan fingerprint density at radius 1 is 1.03 bits per heavy atom. The summed E-state index contributed by atoms with van der Waals surface area (Å²) in [6.07, 6.45) is 2.59. The predicted molar refractivity (Wildman–Crippen MR) is 135 cm³/mol. The molecule has 10 nitrogen and oxygen atoms in total. The fraction of sp³-hybridized carbons (Fsp3) is 0.385. The fourth-order valence-corrected chi connectivity index (χ4v) is 3.73. The Hall–Kier alpha value is -4.08. The Kier molecular flexibility index (Phi) is 8.88.